The van der Waals surface area contributed by atoms with Gasteiger partial charge in [-0.1, -0.05) is 26.0 Å². The van der Waals surface area contributed by atoms with Crippen LogP contribution in [-0.2, 0) is 14.8 Å². The number of amides is 1. The normalized spacial score (nSPS) is 15.3. The van der Waals surface area contributed by atoms with Gasteiger partial charge >= 0.3 is 0 Å². The predicted octanol–water partition coefficient (Wildman–Crippen LogP) is 4.34. The van der Waals surface area contributed by atoms with Crippen molar-refractivity contribution in [1.82, 2.24) is 19.8 Å². The summed E-state index contributed by atoms with van der Waals surface area (Å²) in [6.07, 6.45) is 1.72. The van der Waals surface area contributed by atoms with Crippen LogP contribution in [0.2, 0.25) is 0 Å². The van der Waals surface area contributed by atoms with Crippen molar-refractivity contribution in [3.05, 3.63) is 68.9 Å². The number of hydrogen-bond acceptors (Lipinski definition) is 8. The van der Waals surface area contributed by atoms with E-state index in [4.69, 9.17) is 9.47 Å². The van der Waals surface area contributed by atoms with Gasteiger partial charge in [0.25, 0.3) is 11.6 Å². The molecule has 12 nitrogen and oxygen atoms in total. The van der Waals surface area contributed by atoms with Gasteiger partial charge in [0, 0.05) is 37.4 Å². The Bertz CT molecular complexity index is 1560. The quantitative estimate of drug-likeness (QED) is 0.249. The largest absolute Gasteiger partial charge is 0.437 e. The number of non-ortho nitro benzene ring substituents is 1. The van der Waals surface area contributed by atoms with Gasteiger partial charge in [-0.3, -0.25) is 14.9 Å². The topological polar surface area (TPSA) is 155 Å². The fourth-order valence-corrected chi connectivity index (χ4v) is 5.76. The fourth-order valence-electron chi connectivity index (χ4n) is 4.40. The first kappa shape index (κ1) is 30.2. The molecule has 0 unspecified atom stereocenters. The SMILES string of the molecule is Cc1cccc(-n2nc(C(=O)NC[C@H]3CCCO3)c(C)c2Oc2ccc([N+](=O)[O-])cc2S(=O)(=O)NCC(C)C)c1C. The van der Waals surface area contributed by atoms with Crippen LogP contribution in [0.25, 0.3) is 5.69 Å². The van der Waals surface area contributed by atoms with Crippen LogP contribution in [0.4, 0.5) is 5.69 Å². The van der Waals surface area contributed by atoms with Gasteiger partial charge < -0.3 is 14.8 Å². The number of benzene rings is 2. The van der Waals surface area contributed by atoms with Gasteiger partial charge in [-0.15, -0.1) is 0 Å². The van der Waals surface area contributed by atoms with E-state index in [1.807, 2.05) is 45.9 Å². The summed E-state index contributed by atoms with van der Waals surface area (Å²) in [5, 5.41) is 19.0. The molecule has 3 aromatic rings. The van der Waals surface area contributed by atoms with Gasteiger partial charge in [0.1, 0.15) is 10.6 Å². The zero-order valence-corrected chi connectivity index (χ0v) is 24.6. The number of sulfonamides is 1. The highest BCUT2D eigenvalue weighted by atomic mass is 32.2. The molecule has 13 heteroatoms. The summed E-state index contributed by atoms with van der Waals surface area (Å²) in [6, 6.07) is 8.95. The average Bonchev–Trinajstić information content (AvgIpc) is 3.56. The first-order valence-corrected chi connectivity index (χ1v) is 14.9. The van der Waals surface area contributed by atoms with E-state index in [2.05, 4.69) is 15.1 Å². The highest BCUT2D eigenvalue weighted by Gasteiger charge is 2.29. The van der Waals surface area contributed by atoms with E-state index >= 15 is 0 Å². The lowest BCUT2D eigenvalue weighted by Crippen LogP contribution is -2.32. The van der Waals surface area contributed by atoms with Crippen molar-refractivity contribution >= 4 is 21.6 Å². The van der Waals surface area contributed by atoms with Crippen LogP contribution in [0, 0.1) is 36.8 Å². The molecule has 2 heterocycles. The zero-order valence-electron chi connectivity index (χ0n) is 23.8. The maximum absolute atomic E-state index is 13.3. The number of nitrogens with one attached hydrogen (secondary N) is 2. The van der Waals surface area contributed by atoms with Crippen LogP contribution in [-0.4, -0.2) is 54.8 Å². The average molecular weight is 586 g/mol. The maximum atomic E-state index is 13.3. The van der Waals surface area contributed by atoms with Crippen molar-refractivity contribution < 1.29 is 27.6 Å². The van der Waals surface area contributed by atoms with Crippen molar-refractivity contribution in [1.29, 1.82) is 0 Å². The molecule has 0 aliphatic carbocycles. The Hall–Kier alpha value is -3.81. The molecule has 220 valence electrons. The van der Waals surface area contributed by atoms with Gasteiger partial charge in [0.2, 0.25) is 15.9 Å². The molecule has 4 rings (SSSR count). The second kappa shape index (κ2) is 12.4. The molecule has 2 N–H and O–H groups in total. The van der Waals surface area contributed by atoms with Crippen LogP contribution in [0.5, 0.6) is 11.6 Å². The predicted molar refractivity (Wildman–Crippen MR) is 152 cm³/mol. The van der Waals surface area contributed by atoms with Crippen LogP contribution in [0.15, 0.2) is 41.3 Å². The molecule has 2 aromatic carbocycles. The summed E-state index contributed by atoms with van der Waals surface area (Å²) < 4.78 is 42.3. The second-order valence-corrected chi connectivity index (χ2v) is 12.2. The Balaban J connectivity index is 1.81. The molecule has 0 radical (unpaired) electrons. The molecule has 1 aliphatic heterocycles. The third-order valence-electron chi connectivity index (χ3n) is 6.92. The van der Waals surface area contributed by atoms with Crippen molar-refractivity contribution in [2.45, 2.75) is 58.5 Å². The fraction of sp³-hybridized carbons (Fsp3) is 0.429. The number of aromatic nitrogens is 2. The minimum absolute atomic E-state index is 0.00323. The Morgan fingerprint density at radius 3 is 2.63 bits per heavy atom. The van der Waals surface area contributed by atoms with Crippen LogP contribution in [0.1, 0.15) is 53.9 Å². The first-order chi connectivity index (χ1) is 19.4. The summed E-state index contributed by atoms with van der Waals surface area (Å²) in [7, 11) is -4.20. The number of rotatable bonds is 11. The van der Waals surface area contributed by atoms with Gasteiger partial charge in [0.15, 0.2) is 5.69 Å². The van der Waals surface area contributed by atoms with Crippen molar-refractivity contribution in [3.63, 3.8) is 0 Å². The Morgan fingerprint density at radius 2 is 1.98 bits per heavy atom. The molecule has 0 saturated carbocycles. The van der Waals surface area contributed by atoms with Crippen molar-refractivity contribution in [3.8, 4) is 17.3 Å². The zero-order chi connectivity index (χ0) is 29.9. The summed E-state index contributed by atoms with van der Waals surface area (Å²) >= 11 is 0. The van der Waals surface area contributed by atoms with Crippen LogP contribution >= 0.6 is 0 Å². The van der Waals surface area contributed by atoms with Gasteiger partial charge in [-0.05, 0) is 62.8 Å². The number of carbonyl (C=O) groups is 1. The standard InChI is InChI=1S/C28H35N5O7S/c1-17(2)15-30-41(37,38)25-14-21(33(35)36)11-12-24(25)40-28-20(5)26(27(34)29-16-22-9-7-13-39-22)31-32(28)23-10-6-8-18(3)19(23)4/h6,8,10-12,14,17,22,30H,7,9,13,15-16H2,1-5H3,(H,29,34)/t22-/m1/s1. The first-order valence-electron chi connectivity index (χ1n) is 13.4. The number of hydrogen-bond donors (Lipinski definition) is 2. The van der Waals surface area contributed by atoms with E-state index in [0.717, 1.165) is 30.0 Å². The number of aryl methyl sites for hydroxylation is 1. The van der Waals surface area contributed by atoms with E-state index in [0.29, 0.717) is 24.4 Å². The second-order valence-electron chi connectivity index (χ2n) is 10.5. The third kappa shape index (κ3) is 6.75. The van der Waals surface area contributed by atoms with Crippen LogP contribution in [0.3, 0.4) is 0 Å². The van der Waals surface area contributed by atoms with Gasteiger partial charge in [0.05, 0.1) is 16.7 Å². The lowest BCUT2D eigenvalue weighted by molar-refractivity contribution is -0.385. The molecule has 1 fully saturated rings. The molecule has 0 bridgehead atoms. The Morgan fingerprint density at radius 1 is 1.22 bits per heavy atom. The lowest BCUT2D eigenvalue weighted by atomic mass is 10.1. The maximum Gasteiger partial charge on any atom is 0.272 e. The smallest absolute Gasteiger partial charge is 0.272 e. The molecule has 41 heavy (non-hydrogen) atoms. The molecule has 1 amide bonds. The molecule has 1 aromatic heterocycles. The van der Waals surface area contributed by atoms with Crippen molar-refractivity contribution in [2.24, 2.45) is 5.92 Å². The van der Waals surface area contributed by atoms with Crippen molar-refractivity contribution in [2.75, 3.05) is 19.7 Å². The molecular weight excluding hydrogens is 550 g/mol. The van der Waals surface area contributed by atoms with E-state index in [1.54, 1.807) is 6.92 Å². The van der Waals surface area contributed by atoms with E-state index in [-0.39, 0.29) is 35.9 Å². The minimum atomic E-state index is -4.20. The molecule has 0 spiro atoms. The molecular formula is C28H35N5O7S. The summed E-state index contributed by atoms with van der Waals surface area (Å²) in [6.45, 7) is 10.3. The van der Waals surface area contributed by atoms with E-state index < -0.39 is 31.4 Å². The van der Waals surface area contributed by atoms with Gasteiger partial charge in [-0.25, -0.2) is 13.1 Å². The monoisotopic (exact) mass is 585 g/mol. The lowest BCUT2D eigenvalue weighted by Gasteiger charge is -2.16. The number of nitro benzene ring substituents is 1. The Kier molecular flexibility index (Phi) is 9.10. The van der Waals surface area contributed by atoms with Gasteiger partial charge in [-0.2, -0.15) is 9.78 Å². The third-order valence-corrected chi connectivity index (χ3v) is 8.36. The molecule has 1 saturated heterocycles. The van der Waals surface area contributed by atoms with E-state index in [9.17, 15) is 23.3 Å². The Labute approximate surface area is 239 Å². The van der Waals surface area contributed by atoms with E-state index in [1.165, 1.54) is 16.8 Å². The molecule has 1 aliphatic rings. The van der Waals surface area contributed by atoms with Crippen LogP contribution < -0.4 is 14.8 Å². The number of nitrogens with zero attached hydrogens (tertiary/aromatic N) is 3. The highest BCUT2D eigenvalue weighted by Crippen LogP contribution is 2.36. The summed E-state index contributed by atoms with van der Waals surface area (Å²) in [5.41, 5.74) is 2.54. The highest BCUT2D eigenvalue weighted by molar-refractivity contribution is 7.89. The number of carbonyl (C=O) groups excluding carboxylic acids is 1. The molecule has 1 atom stereocenters. The number of ether oxygens (including phenoxy) is 2. The minimum Gasteiger partial charge on any atom is -0.437 e. The summed E-state index contributed by atoms with van der Waals surface area (Å²) in [4.78, 5) is 23.7. The summed E-state index contributed by atoms with van der Waals surface area (Å²) in [5.74, 6) is -0.471. The number of nitro groups is 1.